The fourth-order valence-corrected chi connectivity index (χ4v) is 3.48. The van der Waals surface area contributed by atoms with Gasteiger partial charge in [0.1, 0.15) is 5.82 Å². The van der Waals surface area contributed by atoms with Crippen molar-refractivity contribution < 1.29 is 23.5 Å². The number of esters is 1. The van der Waals surface area contributed by atoms with E-state index in [4.69, 9.17) is 4.74 Å². The summed E-state index contributed by atoms with van der Waals surface area (Å²) in [6.07, 6.45) is 1.26. The second kappa shape index (κ2) is 7.01. The van der Waals surface area contributed by atoms with Crippen molar-refractivity contribution in [3.8, 4) is 0 Å². The molecule has 0 saturated heterocycles. The lowest BCUT2D eigenvalue weighted by molar-refractivity contribution is -0.141. The van der Waals surface area contributed by atoms with Crippen molar-refractivity contribution in [2.24, 2.45) is 0 Å². The Morgan fingerprint density at radius 3 is 2.67 bits per heavy atom. The van der Waals surface area contributed by atoms with Crippen LogP contribution in [0.15, 0.2) is 6.07 Å². The third kappa shape index (κ3) is 3.66. The molecule has 130 valence electrons. The van der Waals surface area contributed by atoms with Crippen molar-refractivity contribution in [3.05, 3.63) is 28.6 Å². The van der Waals surface area contributed by atoms with E-state index in [1.165, 1.54) is 19.9 Å². The number of nitrogens with one attached hydrogen (secondary N) is 1. The van der Waals surface area contributed by atoms with E-state index in [9.17, 15) is 18.8 Å². The molecule has 0 aliphatic heterocycles. The first-order valence-electron chi connectivity index (χ1n) is 7.62. The van der Waals surface area contributed by atoms with E-state index < -0.39 is 16.1 Å². The number of ketones is 1. The average Bonchev–Trinajstić information content (AvgIpc) is 2.46. The highest BCUT2D eigenvalue weighted by molar-refractivity contribution is 9.10. The zero-order valence-electron chi connectivity index (χ0n) is 13.8. The minimum Gasteiger partial charge on any atom is -0.466 e. The van der Waals surface area contributed by atoms with Crippen LogP contribution in [0.25, 0.3) is 0 Å². The molecule has 0 aromatic heterocycles. The number of halogens is 2. The Balaban J connectivity index is 2.42. The first-order chi connectivity index (χ1) is 11.2. The lowest BCUT2D eigenvalue weighted by Crippen LogP contribution is -2.39. The molecule has 1 aliphatic rings. The number of alkyl halides is 1. The molecule has 0 spiro atoms. The lowest BCUT2D eigenvalue weighted by Gasteiger charge is -2.33. The van der Waals surface area contributed by atoms with Crippen LogP contribution < -0.4 is 5.32 Å². The van der Waals surface area contributed by atoms with Crippen molar-refractivity contribution in [1.82, 2.24) is 0 Å². The molecule has 1 aliphatic carbocycles. The molecular weight excluding hydrogens is 381 g/mol. The summed E-state index contributed by atoms with van der Waals surface area (Å²) >= 11 is 3.48. The van der Waals surface area contributed by atoms with Crippen molar-refractivity contribution in [2.75, 3.05) is 11.9 Å². The Labute approximate surface area is 148 Å². The molecule has 1 aromatic carbocycles. The van der Waals surface area contributed by atoms with Gasteiger partial charge in [0.2, 0.25) is 5.91 Å². The van der Waals surface area contributed by atoms with E-state index in [0.29, 0.717) is 36.0 Å². The van der Waals surface area contributed by atoms with Gasteiger partial charge < -0.3 is 10.1 Å². The summed E-state index contributed by atoms with van der Waals surface area (Å²) < 4.78 is 18.1. The normalized spacial score (nSPS) is 19.6. The van der Waals surface area contributed by atoms with Crippen molar-refractivity contribution in [1.29, 1.82) is 0 Å². The quantitative estimate of drug-likeness (QED) is 0.622. The number of hydrogen-bond acceptors (Lipinski definition) is 4. The van der Waals surface area contributed by atoms with Gasteiger partial charge in [0.05, 0.1) is 16.6 Å². The van der Waals surface area contributed by atoms with Gasteiger partial charge in [-0.2, -0.15) is 0 Å². The molecule has 1 N–H and O–H groups in total. The molecule has 1 aromatic rings. The number of Topliss-reactive ketones (excluding diaryl/α,β-unsaturated/α-hetero) is 1. The molecule has 1 amide bonds. The molecule has 0 saturated carbocycles. The van der Waals surface area contributed by atoms with Crippen LogP contribution in [-0.4, -0.2) is 28.6 Å². The maximum atomic E-state index is 14.1. The van der Waals surface area contributed by atoms with E-state index in [2.05, 4.69) is 21.2 Å². The summed E-state index contributed by atoms with van der Waals surface area (Å²) in [5, 5.41) is 2.54. The number of rotatable bonds is 4. The predicted octanol–water partition coefficient (Wildman–Crippen LogP) is 3.31. The van der Waals surface area contributed by atoms with Crippen molar-refractivity contribution >= 4 is 39.3 Å². The van der Waals surface area contributed by atoms with E-state index in [1.54, 1.807) is 6.92 Å². The van der Waals surface area contributed by atoms with E-state index in [1.807, 2.05) is 0 Å². The summed E-state index contributed by atoms with van der Waals surface area (Å²) in [5.41, 5.74) is 1.55. The Hall–Kier alpha value is -1.76. The summed E-state index contributed by atoms with van der Waals surface area (Å²) in [5.74, 6) is -1.47. The van der Waals surface area contributed by atoms with Crippen LogP contribution in [0.3, 0.4) is 0 Å². The highest BCUT2D eigenvalue weighted by atomic mass is 79.9. The van der Waals surface area contributed by atoms with Gasteiger partial charge in [0, 0.05) is 25.8 Å². The largest absolute Gasteiger partial charge is 0.466 e. The first kappa shape index (κ1) is 18.6. The Kier molecular flexibility index (Phi) is 5.42. The van der Waals surface area contributed by atoms with Crippen LogP contribution in [0.5, 0.6) is 0 Å². The number of benzene rings is 1. The Morgan fingerprint density at radius 1 is 1.42 bits per heavy atom. The lowest BCUT2D eigenvalue weighted by atomic mass is 9.78. The standard InChI is InChI=1S/C17H19BrFNO4/c1-9-12-4-5-17(18,6-7-24-11(3)22)16(23)15(12)14(8-13(9)19)20-10(2)21/h8H,4-7H2,1-3H3,(H,20,21). The molecular formula is C17H19BrFNO4. The van der Waals surface area contributed by atoms with Gasteiger partial charge in [-0.25, -0.2) is 4.39 Å². The fourth-order valence-electron chi connectivity index (χ4n) is 2.92. The number of hydrogen-bond donors (Lipinski definition) is 1. The zero-order valence-corrected chi connectivity index (χ0v) is 15.4. The van der Waals surface area contributed by atoms with Crippen LogP contribution in [0.4, 0.5) is 10.1 Å². The summed E-state index contributed by atoms with van der Waals surface area (Å²) in [7, 11) is 0. The van der Waals surface area contributed by atoms with Crippen LogP contribution in [0.2, 0.25) is 0 Å². The van der Waals surface area contributed by atoms with Gasteiger partial charge in [-0.05, 0) is 37.0 Å². The molecule has 1 unspecified atom stereocenters. The molecule has 0 heterocycles. The van der Waals surface area contributed by atoms with E-state index in [0.717, 1.165) is 0 Å². The smallest absolute Gasteiger partial charge is 0.302 e. The van der Waals surface area contributed by atoms with Crippen LogP contribution in [0, 0.1) is 12.7 Å². The molecule has 5 nitrogen and oxygen atoms in total. The van der Waals surface area contributed by atoms with Gasteiger partial charge in [-0.3, -0.25) is 14.4 Å². The van der Waals surface area contributed by atoms with Crippen LogP contribution in [-0.2, 0) is 20.7 Å². The molecule has 2 rings (SSSR count). The number of ether oxygens (including phenoxy) is 1. The fraction of sp³-hybridized carbons (Fsp3) is 0.471. The highest BCUT2D eigenvalue weighted by Crippen LogP contribution is 2.42. The minimum atomic E-state index is -0.896. The molecule has 0 fully saturated rings. The number of carbonyl (C=O) groups is 3. The van der Waals surface area contributed by atoms with E-state index >= 15 is 0 Å². The number of fused-ring (bicyclic) bond motifs is 1. The number of anilines is 1. The topological polar surface area (TPSA) is 72.5 Å². The maximum absolute atomic E-state index is 14.1. The second-order valence-electron chi connectivity index (χ2n) is 5.95. The molecule has 1 atom stereocenters. The van der Waals surface area contributed by atoms with Gasteiger partial charge >= 0.3 is 5.97 Å². The first-order valence-corrected chi connectivity index (χ1v) is 8.41. The zero-order chi connectivity index (χ0) is 18.1. The predicted molar refractivity (Wildman–Crippen MR) is 91.0 cm³/mol. The summed E-state index contributed by atoms with van der Waals surface area (Å²) in [6.45, 7) is 4.34. The number of amides is 1. The second-order valence-corrected chi connectivity index (χ2v) is 7.47. The van der Waals surface area contributed by atoms with E-state index in [-0.39, 0.29) is 24.0 Å². The van der Waals surface area contributed by atoms with Gasteiger partial charge in [-0.15, -0.1) is 0 Å². The highest BCUT2D eigenvalue weighted by Gasteiger charge is 2.42. The third-order valence-electron chi connectivity index (χ3n) is 4.17. The Bertz CT molecular complexity index is 719. The third-order valence-corrected chi connectivity index (χ3v) is 5.33. The van der Waals surface area contributed by atoms with Crippen LogP contribution >= 0.6 is 15.9 Å². The summed E-state index contributed by atoms with van der Waals surface area (Å²) in [4.78, 5) is 35.3. The van der Waals surface area contributed by atoms with Gasteiger partial charge in [-0.1, -0.05) is 15.9 Å². The molecule has 0 radical (unpaired) electrons. The maximum Gasteiger partial charge on any atom is 0.302 e. The van der Waals surface area contributed by atoms with Crippen molar-refractivity contribution in [2.45, 2.75) is 44.4 Å². The minimum absolute atomic E-state index is 0.108. The molecule has 0 bridgehead atoms. The van der Waals surface area contributed by atoms with Gasteiger partial charge in [0.25, 0.3) is 0 Å². The SMILES string of the molecule is CC(=O)Nc1cc(F)c(C)c2c1C(=O)C(Br)(CCOC(C)=O)CC2. The average molecular weight is 400 g/mol. The Morgan fingerprint density at radius 2 is 2.08 bits per heavy atom. The monoisotopic (exact) mass is 399 g/mol. The molecule has 24 heavy (non-hydrogen) atoms. The van der Waals surface area contributed by atoms with Gasteiger partial charge in [0.15, 0.2) is 5.78 Å². The number of carbonyl (C=O) groups excluding carboxylic acids is 3. The molecule has 7 heteroatoms. The summed E-state index contributed by atoms with van der Waals surface area (Å²) in [6, 6.07) is 1.18. The van der Waals surface area contributed by atoms with Crippen molar-refractivity contribution in [3.63, 3.8) is 0 Å². The van der Waals surface area contributed by atoms with Crippen LogP contribution in [0.1, 0.15) is 48.2 Å².